The zero-order valence-electron chi connectivity index (χ0n) is 20.2. The molecule has 0 saturated carbocycles. The van der Waals surface area contributed by atoms with Gasteiger partial charge in [0.1, 0.15) is 0 Å². The molecule has 0 unspecified atom stereocenters. The molecule has 1 aliphatic rings. The van der Waals surface area contributed by atoms with Gasteiger partial charge in [0.15, 0.2) is 0 Å². The lowest BCUT2D eigenvalue weighted by molar-refractivity contribution is -0.131. The molecule has 5 heteroatoms. The molecule has 0 bridgehead atoms. The van der Waals surface area contributed by atoms with Crippen molar-refractivity contribution in [3.63, 3.8) is 0 Å². The number of hydrogen-bond acceptors (Lipinski definition) is 3. The van der Waals surface area contributed by atoms with Crippen molar-refractivity contribution in [2.24, 2.45) is 7.05 Å². The molecule has 0 saturated heterocycles. The molecular formula is C30H29N3O2. The maximum absolute atomic E-state index is 10.9. The molecule has 5 nitrogen and oxygen atoms in total. The fraction of sp³-hybridized carbons (Fsp3) is 0.200. The second-order valence-electron chi connectivity index (χ2n) is 9.35. The molecule has 35 heavy (non-hydrogen) atoms. The lowest BCUT2D eigenvalue weighted by atomic mass is 9.83. The quantitative estimate of drug-likeness (QED) is 0.367. The van der Waals surface area contributed by atoms with E-state index in [0.29, 0.717) is 6.04 Å². The van der Waals surface area contributed by atoms with Crippen LogP contribution in [0.15, 0.2) is 85.2 Å². The van der Waals surface area contributed by atoms with Crippen molar-refractivity contribution in [1.82, 2.24) is 9.78 Å². The molecule has 1 aromatic heterocycles. The molecule has 1 N–H and O–H groups in total. The van der Waals surface area contributed by atoms with Crippen molar-refractivity contribution in [2.75, 3.05) is 4.90 Å². The Bertz CT molecular complexity index is 1380. The number of fused-ring (bicyclic) bond motifs is 1. The van der Waals surface area contributed by atoms with E-state index in [1.807, 2.05) is 36.3 Å². The van der Waals surface area contributed by atoms with Gasteiger partial charge in [-0.25, -0.2) is 4.79 Å². The Labute approximate surface area is 206 Å². The lowest BCUT2D eigenvalue weighted by Crippen LogP contribution is -2.42. The molecule has 4 aromatic rings. The number of aryl methyl sites for hydroxylation is 2. The number of anilines is 1. The summed E-state index contributed by atoms with van der Waals surface area (Å²) >= 11 is 0. The predicted octanol–water partition coefficient (Wildman–Crippen LogP) is 6.03. The summed E-state index contributed by atoms with van der Waals surface area (Å²) in [6.07, 6.45) is 7.71. The highest BCUT2D eigenvalue weighted by Crippen LogP contribution is 2.42. The number of carboxylic acids is 1. The normalized spacial score (nSPS) is 17.5. The van der Waals surface area contributed by atoms with E-state index >= 15 is 0 Å². The van der Waals surface area contributed by atoms with Crippen LogP contribution in [0.5, 0.6) is 0 Å². The minimum absolute atomic E-state index is 0.0527. The third-order valence-electron chi connectivity index (χ3n) is 6.75. The molecule has 176 valence electrons. The molecule has 2 atom stereocenters. The SMILES string of the molecule is Cc1ccc(N2[C@H](c3ccc(/C=C/C(=O)O)cc3)c3ccc(-c4cnn(C)c4)cc3C[C@H]2C)cc1. The summed E-state index contributed by atoms with van der Waals surface area (Å²) < 4.78 is 1.83. The zero-order valence-corrected chi connectivity index (χ0v) is 20.2. The Hall–Kier alpha value is -4.12. The fourth-order valence-corrected chi connectivity index (χ4v) is 5.04. The molecule has 5 rings (SSSR count). The molecule has 0 fully saturated rings. The summed E-state index contributed by atoms with van der Waals surface area (Å²) in [7, 11) is 1.94. The van der Waals surface area contributed by atoms with Crippen molar-refractivity contribution < 1.29 is 9.90 Å². The highest BCUT2D eigenvalue weighted by atomic mass is 16.4. The molecule has 0 radical (unpaired) electrons. The van der Waals surface area contributed by atoms with Gasteiger partial charge < -0.3 is 10.0 Å². The van der Waals surface area contributed by atoms with Crippen LogP contribution in [-0.2, 0) is 18.3 Å². The highest BCUT2D eigenvalue weighted by Gasteiger charge is 2.33. The van der Waals surface area contributed by atoms with Gasteiger partial charge in [0.25, 0.3) is 0 Å². The predicted molar refractivity (Wildman–Crippen MR) is 140 cm³/mol. The van der Waals surface area contributed by atoms with E-state index in [2.05, 4.69) is 78.4 Å². The smallest absolute Gasteiger partial charge is 0.328 e. The zero-order chi connectivity index (χ0) is 24.5. The fourth-order valence-electron chi connectivity index (χ4n) is 5.04. The second-order valence-corrected chi connectivity index (χ2v) is 9.35. The third-order valence-corrected chi connectivity index (χ3v) is 6.75. The Morgan fingerprint density at radius 2 is 1.77 bits per heavy atom. The minimum atomic E-state index is -0.945. The first kappa shape index (κ1) is 22.7. The van der Waals surface area contributed by atoms with Crippen LogP contribution in [0.4, 0.5) is 5.69 Å². The molecule has 0 amide bonds. The van der Waals surface area contributed by atoms with E-state index in [1.54, 1.807) is 6.08 Å². The van der Waals surface area contributed by atoms with Crippen LogP contribution < -0.4 is 4.90 Å². The topological polar surface area (TPSA) is 58.4 Å². The van der Waals surface area contributed by atoms with Crippen molar-refractivity contribution in [3.05, 3.63) is 113 Å². The first-order chi connectivity index (χ1) is 16.9. The largest absolute Gasteiger partial charge is 0.478 e. The maximum atomic E-state index is 10.9. The van der Waals surface area contributed by atoms with Crippen molar-refractivity contribution in [2.45, 2.75) is 32.4 Å². The van der Waals surface area contributed by atoms with Crippen LogP contribution in [0.2, 0.25) is 0 Å². The van der Waals surface area contributed by atoms with Crippen molar-refractivity contribution in [1.29, 1.82) is 0 Å². The number of aliphatic carboxylic acids is 1. The van der Waals surface area contributed by atoms with Gasteiger partial charge in [-0.1, -0.05) is 60.2 Å². The second kappa shape index (κ2) is 9.26. The van der Waals surface area contributed by atoms with E-state index in [0.717, 1.165) is 17.5 Å². The van der Waals surface area contributed by atoms with Crippen LogP contribution in [0.1, 0.15) is 40.8 Å². The average molecular weight is 464 g/mol. The summed E-state index contributed by atoms with van der Waals surface area (Å²) in [5.74, 6) is -0.945. The first-order valence-corrected chi connectivity index (χ1v) is 11.9. The number of rotatable bonds is 5. The number of carboxylic acid groups (broad SMARTS) is 1. The van der Waals surface area contributed by atoms with E-state index in [9.17, 15) is 4.79 Å². The summed E-state index contributed by atoms with van der Waals surface area (Å²) in [6.45, 7) is 4.40. The number of carbonyl (C=O) groups is 1. The van der Waals surface area contributed by atoms with Crippen LogP contribution in [0.25, 0.3) is 17.2 Å². The highest BCUT2D eigenvalue weighted by molar-refractivity contribution is 5.85. The number of nitrogens with zero attached hydrogens (tertiary/aromatic N) is 3. The number of benzene rings is 3. The van der Waals surface area contributed by atoms with Crippen LogP contribution >= 0.6 is 0 Å². The summed E-state index contributed by atoms with van der Waals surface area (Å²) in [5.41, 5.74) is 9.44. The molecular weight excluding hydrogens is 434 g/mol. The van der Waals surface area contributed by atoms with Gasteiger partial charge in [0, 0.05) is 36.6 Å². The maximum Gasteiger partial charge on any atom is 0.328 e. The molecule has 2 heterocycles. The lowest BCUT2D eigenvalue weighted by Gasteiger charge is -2.44. The van der Waals surface area contributed by atoms with Gasteiger partial charge in [0.05, 0.1) is 12.2 Å². The Morgan fingerprint density at radius 1 is 1.03 bits per heavy atom. The van der Waals surface area contributed by atoms with Crippen molar-refractivity contribution in [3.8, 4) is 11.1 Å². The van der Waals surface area contributed by atoms with Gasteiger partial charge in [-0.3, -0.25) is 4.68 Å². The summed E-state index contributed by atoms with van der Waals surface area (Å²) in [6, 6.07) is 24.1. The average Bonchev–Trinajstić information content (AvgIpc) is 3.29. The molecule has 0 aliphatic carbocycles. The van der Waals surface area contributed by atoms with E-state index < -0.39 is 5.97 Å². The third kappa shape index (κ3) is 4.62. The standard InChI is InChI=1S/C30H29N3O2/c1-20-4-12-27(13-5-20)33-21(2)16-25-17-24(26-18-31-32(3)19-26)11-14-28(25)30(33)23-9-6-22(7-10-23)8-15-29(34)35/h4-15,17-19,21,30H,16H2,1-3H3,(H,34,35)/b15-8+/t21-,30-/m1/s1. The minimum Gasteiger partial charge on any atom is -0.478 e. The van der Waals surface area contributed by atoms with Crippen LogP contribution in [0.3, 0.4) is 0 Å². The van der Waals surface area contributed by atoms with E-state index in [-0.39, 0.29) is 6.04 Å². The Morgan fingerprint density at radius 3 is 2.43 bits per heavy atom. The monoisotopic (exact) mass is 463 g/mol. The molecule has 3 aromatic carbocycles. The van der Waals surface area contributed by atoms with Crippen molar-refractivity contribution >= 4 is 17.7 Å². The number of hydrogen-bond donors (Lipinski definition) is 1. The number of aromatic nitrogens is 2. The Kier molecular flexibility index (Phi) is 6.00. The van der Waals surface area contributed by atoms with Gasteiger partial charge in [-0.05, 0) is 66.3 Å². The summed E-state index contributed by atoms with van der Waals surface area (Å²) in [4.78, 5) is 13.4. The van der Waals surface area contributed by atoms with Crippen LogP contribution in [-0.4, -0.2) is 26.9 Å². The van der Waals surface area contributed by atoms with E-state index in [1.165, 1.54) is 39.6 Å². The Balaban J connectivity index is 1.60. The molecule has 1 aliphatic heterocycles. The van der Waals surface area contributed by atoms with Gasteiger partial charge >= 0.3 is 5.97 Å². The van der Waals surface area contributed by atoms with Gasteiger partial charge in [-0.2, -0.15) is 5.10 Å². The van der Waals surface area contributed by atoms with E-state index in [4.69, 9.17) is 5.11 Å². The summed E-state index contributed by atoms with van der Waals surface area (Å²) in [5, 5.41) is 13.3. The van der Waals surface area contributed by atoms with Gasteiger partial charge in [-0.15, -0.1) is 0 Å². The molecule has 0 spiro atoms. The first-order valence-electron chi connectivity index (χ1n) is 11.9. The van der Waals surface area contributed by atoms with Crippen LogP contribution in [0, 0.1) is 6.92 Å². The van der Waals surface area contributed by atoms with Gasteiger partial charge in [0.2, 0.25) is 0 Å².